The van der Waals surface area contributed by atoms with E-state index in [0.29, 0.717) is 46.0 Å². The Kier molecular flexibility index (Phi) is 9.11. The maximum atomic E-state index is 13.3. The van der Waals surface area contributed by atoms with Gasteiger partial charge in [-0.3, -0.25) is 14.5 Å². The average molecular weight is 568 g/mol. The van der Waals surface area contributed by atoms with Crippen LogP contribution in [0.2, 0.25) is 5.02 Å². The number of ether oxygens (including phenoxy) is 2. The number of carbonyl (C=O) groups excluding carboxylic acids is 2. The standard InChI is InChI=1S/C28H26ClN3O6S/c1-37-22-11-6-17(14-23(22)38-2)12-13-32-25(33)16-24(39-28(32)31-21-5-3-4-19(29)15-21)26(34)30-20-9-7-18(8-10-20)27(35)36/h3-11,14-15,24H,12-13,16H2,1-2H3,(H,30,34)(H,35,36)/t24-/m0/s1. The fourth-order valence-electron chi connectivity index (χ4n) is 3.91. The normalized spacial score (nSPS) is 16.2. The summed E-state index contributed by atoms with van der Waals surface area (Å²) < 4.78 is 10.7. The molecule has 3 aromatic rings. The smallest absolute Gasteiger partial charge is 0.335 e. The van der Waals surface area contributed by atoms with E-state index < -0.39 is 11.2 Å². The first-order valence-electron chi connectivity index (χ1n) is 11.9. The lowest BCUT2D eigenvalue weighted by atomic mass is 10.1. The van der Waals surface area contributed by atoms with E-state index in [-0.39, 0.29) is 23.8 Å². The van der Waals surface area contributed by atoms with Gasteiger partial charge in [-0.25, -0.2) is 9.79 Å². The van der Waals surface area contributed by atoms with Crippen LogP contribution >= 0.6 is 23.4 Å². The highest BCUT2D eigenvalue weighted by Crippen LogP contribution is 2.32. The Labute approximate surface area is 234 Å². The number of aromatic carboxylic acids is 1. The molecule has 1 atom stereocenters. The third-order valence-electron chi connectivity index (χ3n) is 5.94. The van der Waals surface area contributed by atoms with Gasteiger partial charge in [0.15, 0.2) is 16.7 Å². The number of aliphatic imine (C=N–C) groups is 1. The molecule has 2 amide bonds. The van der Waals surface area contributed by atoms with Gasteiger partial charge in [-0.1, -0.05) is 35.5 Å². The molecule has 0 saturated carbocycles. The summed E-state index contributed by atoms with van der Waals surface area (Å²) in [5.74, 6) is -0.474. The van der Waals surface area contributed by atoms with Gasteiger partial charge < -0.3 is 19.9 Å². The van der Waals surface area contributed by atoms with Crippen LogP contribution in [0, 0.1) is 0 Å². The second kappa shape index (κ2) is 12.7. The van der Waals surface area contributed by atoms with Crippen LogP contribution in [0.3, 0.4) is 0 Å². The average Bonchev–Trinajstić information content (AvgIpc) is 2.92. The zero-order valence-electron chi connectivity index (χ0n) is 21.2. The van der Waals surface area contributed by atoms with Gasteiger partial charge in [0, 0.05) is 23.7 Å². The molecule has 1 fully saturated rings. The molecular weight excluding hydrogens is 542 g/mol. The molecule has 202 valence electrons. The van der Waals surface area contributed by atoms with Crippen molar-refractivity contribution in [1.82, 2.24) is 4.90 Å². The number of nitrogens with one attached hydrogen (secondary N) is 1. The van der Waals surface area contributed by atoms with Crippen molar-refractivity contribution in [2.45, 2.75) is 18.1 Å². The minimum Gasteiger partial charge on any atom is -0.493 e. The lowest BCUT2D eigenvalue weighted by Crippen LogP contribution is -2.46. The second-order valence-corrected chi connectivity index (χ2v) is 10.1. The van der Waals surface area contributed by atoms with E-state index in [1.54, 1.807) is 43.4 Å². The molecule has 2 N–H and O–H groups in total. The summed E-state index contributed by atoms with van der Waals surface area (Å²) in [6.07, 6.45) is 0.498. The van der Waals surface area contributed by atoms with Gasteiger partial charge in [-0.05, 0) is 66.6 Å². The monoisotopic (exact) mass is 567 g/mol. The lowest BCUT2D eigenvalue weighted by molar-refractivity contribution is -0.129. The van der Waals surface area contributed by atoms with Gasteiger partial charge in [0.1, 0.15) is 5.25 Å². The van der Waals surface area contributed by atoms with Crippen LogP contribution in [0.5, 0.6) is 11.5 Å². The maximum Gasteiger partial charge on any atom is 0.335 e. The number of thioether (sulfide) groups is 1. The van der Waals surface area contributed by atoms with E-state index in [2.05, 4.69) is 10.3 Å². The fraction of sp³-hybridized carbons (Fsp3) is 0.214. The molecule has 0 bridgehead atoms. The first kappa shape index (κ1) is 28.0. The summed E-state index contributed by atoms with van der Waals surface area (Å²) in [7, 11) is 3.13. The quantitative estimate of drug-likeness (QED) is 0.362. The van der Waals surface area contributed by atoms with Gasteiger partial charge in [0.25, 0.3) is 0 Å². The highest BCUT2D eigenvalue weighted by atomic mass is 35.5. The Bertz CT molecular complexity index is 1410. The molecule has 4 rings (SSSR count). The Morgan fingerprint density at radius 1 is 1.08 bits per heavy atom. The van der Waals surface area contributed by atoms with Crippen molar-refractivity contribution in [3.8, 4) is 11.5 Å². The first-order chi connectivity index (χ1) is 18.8. The largest absolute Gasteiger partial charge is 0.493 e. The van der Waals surface area contributed by atoms with Crippen molar-refractivity contribution in [3.05, 3.63) is 82.9 Å². The molecule has 0 spiro atoms. The van der Waals surface area contributed by atoms with Crippen molar-refractivity contribution in [2.75, 3.05) is 26.1 Å². The zero-order valence-corrected chi connectivity index (χ0v) is 22.8. The number of hydrogen-bond donors (Lipinski definition) is 2. The minimum atomic E-state index is -1.06. The number of nitrogens with zero attached hydrogens (tertiary/aromatic N) is 2. The molecule has 1 saturated heterocycles. The number of amidine groups is 1. The van der Waals surface area contributed by atoms with Gasteiger partial charge in [0.2, 0.25) is 11.8 Å². The number of anilines is 1. The Hall–Kier alpha value is -4.02. The molecule has 0 radical (unpaired) electrons. The van der Waals surface area contributed by atoms with Crippen molar-refractivity contribution in [1.29, 1.82) is 0 Å². The van der Waals surface area contributed by atoms with Crippen LogP contribution in [-0.2, 0) is 16.0 Å². The van der Waals surface area contributed by atoms with E-state index in [0.717, 1.165) is 5.56 Å². The molecule has 0 aliphatic carbocycles. The summed E-state index contributed by atoms with van der Waals surface area (Å²) in [6, 6.07) is 18.3. The molecule has 39 heavy (non-hydrogen) atoms. The number of carbonyl (C=O) groups is 3. The number of halogens is 1. The number of benzene rings is 3. The van der Waals surface area contributed by atoms with E-state index in [4.69, 9.17) is 26.2 Å². The zero-order chi connectivity index (χ0) is 27.9. The Morgan fingerprint density at radius 3 is 2.49 bits per heavy atom. The van der Waals surface area contributed by atoms with Crippen LogP contribution in [0.1, 0.15) is 22.3 Å². The van der Waals surface area contributed by atoms with E-state index >= 15 is 0 Å². The van der Waals surface area contributed by atoms with Crippen LogP contribution in [-0.4, -0.2) is 59.0 Å². The molecule has 0 aromatic heterocycles. The van der Waals surface area contributed by atoms with Crippen molar-refractivity contribution < 1.29 is 29.0 Å². The number of rotatable bonds is 9. The van der Waals surface area contributed by atoms with E-state index in [1.165, 1.54) is 36.0 Å². The highest BCUT2D eigenvalue weighted by molar-refractivity contribution is 8.15. The second-order valence-electron chi connectivity index (χ2n) is 8.54. The number of hydrogen-bond acceptors (Lipinski definition) is 7. The van der Waals surface area contributed by atoms with Gasteiger partial charge >= 0.3 is 5.97 Å². The van der Waals surface area contributed by atoms with Gasteiger partial charge in [-0.15, -0.1) is 0 Å². The Morgan fingerprint density at radius 2 is 1.82 bits per heavy atom. The summed E-state index contributed by atoms with van der Waals surface area (Å²) in [5.41, 5.74) is 2.04. The molecule has 0 unspecified atom stereocenters. The van der Waals surface area contributed by atoms with Crippen LogP contribution in [0.15, 0.2) is 71.7 Å². The summed E-state index contributed by atoms with van der Waals surface area (Å²) in [4.78, 5) is 43.7. The third-order valence-corrected chi connectivity index (χ3v) is 7.36. The molecule has 11 heteroatoms. The molecular formula is C28H26ClN3O6S. The first-order valence-corrected chi connectivity index (χ1v) is 13.2. The summed E-state index contributed by atoms with van der Waals surface area (Å²) in [5, 5.41) is 12.0. The molecule has 1 aliphatic heterocycles. The Balaban J connectivity index is 1.54. The van der Waals surface area contributed by atoms with Crippen molar-refractivity contribution in [2.24, 2.45) is 4.99 Å². The van der Waals surface area contributed by atoms with E-state index in [9.17, 15) is 14.4 Å². The number of methoxy groups -OCH3 is 2. The van der Waals surface area contributed by atoms with Crippen LogP contribution in [0.25, 0.3) is 0 Å². The van der Waals surface area contributed by atoms with Gasteiger partial charge in [0.05, 0.1) is 25.5 Å². The topological polar surface area (TPSA) is 118 Å². The molecule has 1 heterocycles. The van der Waals surface area contributed by atoms with Crippen LogP contribution in [0.4, 0.5) is 11.4 Å². The SMILES string of the molecule is COc1ccc(CCN2C(=O)C[C@@H](C(=O)Nc3ccc(C(=O)O)cc3)SC2=Nc2cccc(Cl)c2)cc1OC. The number of carboxylic acids is 1. The summed E-state index contributed by atoms with van der Waals surface area (Å²) in [6.45, 7) is 0.339. The third kappa shape index (κ3) is 7.10. The fourth-order valence-corrected chi connectivity index (χ4v) is 5.22. The van der Waals surface area contributed by atoms with Crippen molar-refractivity contribution in [3.63, 3.8) is 0 Å². The summed E-state index contributed by atoms with van der Waals surface area (Å²) >= 11 is 7.33. The maximum absolute atomic E-state index is 13.3. The van der Waals surface area contributed by atoms with Crippen LogP contribution < -0.4 is 14.8 Å². The predicted molar refractivity (Wildman–Crippen MR) is 152 cm³/mol. The van der Waals surface area contributed by atoms with Crippen molar-refractivity contribution >= 4 is 57.7 Å². The molecule has 1 aliphatic rings. The molecule has 3 aromatic carbocycles. The minimum absolute atomic E-state index is 0.0236. The van der Waals surface area contributed by atoms with Gasteiger partial charge in [-0.2, -0.15) is 0 Å². The van der Waals surface area contributed by atoms with E-state index in [1.807, 2.05) is 18.2 Å². The number of amides is 2. The highest BCUT2D eigenvalue weighted by Gasteiger charge is 2.36. The lowest BCUT2D eigenvalue weighted by Gasteiger charge is -2.32. The molecule has 9 nitrogen and oxygen atoms in total. The number of carboxylic acid groups (broad SMARTS) is 1. The predicted octanol–water partition coefficient (Wildman–Crippen LogP) is 5.26.